The molecule has 27 heavy (non-hydrogen) atoms. The number of nitrogens with one attached hydrogen (secondary N) is 1. The average molecular weight is 359 g/mol. The van der Waals surface area contributed by atoms with Gasteiger partial charge >= 0.3 is 0 Å². The summed E-state index contributed by atoms with van der Waals surface area (Å²) in [5.74, 6) is 0.373. The third-order valence-electron chi connectivity index (χ3n) is 4.15. The maximum Gasteiger partial charge on any atom is 0.255 e. The standard InChI is InChI=1S/C23H21NO3/c1-2-21(22(25)17-9-5-3-6-10-17)27-20-15-13-19(14-16-20)24-23(26)18-11-7-4-8-12-18/h3-16,21H,2H2,1H3,(H,24,26). The first kappa shape index (κ1) is 18.4. The first-order valence-corrected chi connectivity index (χ1v) is 8.89. The first-order chi connectivity index (χ1) is 13.2. The lowest BCUT2D eigenvalue weighted by Crippen LogP contribution is -2.26. The van der Waals surface area contributed by atoms with E-state index in [2.05, 4.69) is 5.32 Å². The fraction of sp³-hybridized carbons (Fsp3) is 0.130. The minimum absolute atomic E-state index is 0.0421. The van der Waals surface area contributed by atoms with Gasteiger partial charge in [0, 0.05) is 16.8 Å². The SMILES string of the molecule is CCC(Oc1ccc(NC(=O)c2ccccc2)cc1)C(=O)c1ccccc1. The Kier molecular flexibility index (Phi) is 6.00. The van der Waals surface area contributed by atoms with Crippen LogP contribution in [-0.4, -0.2) is 17.8 Å². The molecule has 4 heteroatoms. The second kappa shape index (κ2) is 8.81. The van der Waals surface area contributed by atoms with Crippen LogP contribution in [0.5, 0.6) is 5.75 Å². The highest BCUT2D eigenvalue weighted by Gasteiger charge is 2.20. The molecule has 3 aromatic carbocycles. The molecular weight excluding hydrogens is 338 g/mol. The van der Waals surface area contributed by atoms with Crippen LogP contribution in [0, 0.1) is 0 Å². The molecule has 0 spiro atoms. The van der Waals surface area contributed by atoms with Gasteiger partial charge in [0.2, 0.25) is 5.78 Å². The van der Waals surface area contributed by atoms with Crippen molar-refractivity contribution in [2.24, 2.45) is 0 Å². The van der Waals surface area contributed by atoms with E-state index in [1.165, 1.54) is 0 Å². The highest BCUT2D eigenvalue weighted by molar-refractivity contribution is 6.04. The van der Waals surface area contributed by atoms with Crippen LogP contribution in [0.2, 0.25) is 0 Å². The van der Waals surface area contributed by atoms with Gasteiger partial charge in [0.05, 0.1) is 0 Å². The first-order valence-electron chi connectivity index (χ1n) is 8.89. The van der Waals surface area contributed by atoms with Gasteiger partial charge in [0.1, 0.15) is 5.75 Å². The smallest absolute Gasteiger partial charge is 0.255 e. The van der Waals surface area contributed by atoms with Crippen LogP contribution < -0.4 is 10.1 Å². The number of carbonyl (C=O) groups is 2. The maximum absolute atomic E-state index is 12.6. The Bertz CT molecular complexity index is 890. The number of carbonyl (C=O) groups excluding carboxylic acids is 2. The fourth-order valence-electron chi connectivity index (χ4n) is 2.68. The largest absolute Gasteiger partial charge is 0.482 e. The fourth-order valence-corrected chi connectivity index (χ4v) is 2.68. The van der Waals surface area contributed by atoms with E-state index >= 15 is 0 Å². The van der Waals surface area contributed by atoms with E-state index in [-0.39, 0.29) is 11.7 Å². The third kappa shape index (κ3) is 4.82. The van der Waals surface area contributed by atoms with Crippen LogP contribution in [0.4, 0.5) is 5.69 Å². The second-order valence-electron chi connectivity index (χ2n) is 6.09. The number of ether oxygens (including phenoxy) is 1. The Morgan fingerprint density at radius 2 is 1.37 bits per heavy atom. The van der Waals surface area contributed by atoms with Crippen LogP contribution in [-0.2, 0) is 0 Å². The van der Waals surface area contributed by atoms with Gasteiger partial charge in [-0.3, -0.25) is 9.59 Å². The van der Waals surface area contributed by atoms with Crippen LogP contribution in [0.25, 0.3) is 0 Å². The zero-order chi connectivity index (χ0) is 19.1. The van der Waals surface area contributed by atoms with E-state index in [1.54, 1.807) is 48.5 Å². The molecule has 0 bridgehead atoms. The van der Waals surface area contributed by atoms with Crippen molar-refractivity contribution in [3.8, 4) is 5.75 Å². The zero-order valence-electron chi connectivity index (χ0n) is 15.1. The molecule has 1 amide bonds. The molecule has 0 saturated carbocycles. The second-order valence-corrected chi connectivity index (χ2v) is 6.09. The van der Waals surface area contributed by atoms with E-state index in [0.29, 0.717) is 29.0 Å². The molecule has 0 aliphatic heterocycles. The summed E-state index contributed by atoms with van der Waals surface area (Å²) in [7, 11) is 0. The average Bonchev–Trinajstić information content (AvgIpc) is 2.74. The van der Waals surface area contributed by atoms with Crippen LogP contribution in [0.1, 0.15) is 34.1 Å². The van der Waals surface area contributed by atoms with Gasteiger partial charge < -0.3 is 10.1 Å². The number of amides is 1. The van der Waals surface area contributed by atoms with Crippen molar-refractivity contribution in [1.29, 1.82) is 0 Å². The summed E-state index contributed by atoms with van der Waals surface area (Å²) in [5, 5.41) is 2.84. The summed E-state index contributed by atoms with van der Waals surface area (Å²) in [6, 6.07) is 25.2. The predicted octanol–water partition coefficient (Wildman–Crippen LogP) is 4.98. The summed E-state index contributed by atoms with van der Waals surface area (Å²) < 4.78 is 5.86. The van der Waals surface area contributed by atoms with Crippen molar-refractivity contribution in [1.82, 2.24) is 0 Å². The van der Waals surface area contributed by atoms with Gasteiger partial charge in [-0.25, -0.2) is 0 Å². The maximum atomic E-state index is 12.6. The van der Waals surface area contributed by atoms with E-state index in [0.717, 1.165) is 0 Å². The van der Waals surface area contributed by atoms with Gasteiger partial charge in [-0.2, -0.15) is 0 Å². The summed E-state index contributed by atoms with van der Waals surface area (Å²) in [6.07, 6.45) is 0.0254. The van der Waals surface area contributed by atoms with Crippen LogP contribution in [0.15, 0.2) is 84.9 Å². The van der Waals surface area contributed by atoms with Crippen molar-refractivity contribution in [2.45, 2.75) is 19.4 Å². The van der Waals surface area contributed by atoms with Crippen molar-refractivity contribution < 1.29 is 14.3 Å². The van der Waals surface area contributed by atoms with Gasteiger partial charge in [-0.15, -0.1) is 0 Å². The van der Waals surface area contributed by atoms with Crippen LogP contribution in [0.3, 0.4) is 0 Å². The Morgan fingerprint density at radius 1 is 0.815 bits per heavy atom. The molecule has 0 radical (unpaired) electrons. The quantitative estimate of drug-likeness (QED) is 0.605. The minimum atomic E-state index is -0.544. The molecular formula is C23H21NO3. The summed E-state index contributed by atoms with van der Waals surface area (Å²) >= 11 is 0. The van der Waals surface area contributed by atoms with E-state index in [9.17, 15) is 9.59 Å². The Morgan fingerprint density at radius 3 is 1.93 bits per heavy atom. The molecule has 1 N–H and O–H groups in total. The molecule has 0 fully saturated rings. The molecule has 0 aromatic heterocycles. The molecule has 1 atom stereocenters. The summed E-state index contributed by atoms with van der Waals surface area (Å²) in [5.41, 5.74) is 1.90. The van der Waals surface area contributed by atoms with Crippen LogP contribution >= 0.6 is 0 Å². The number of Topliss-reactive ketones (excluding diaryl/α,β-unsaturated/α-hetero) is 1. The molecule has 0 aliphatic carbocycles. The molecule has 1 unspecified atom stereocenters. The van der Waals surface area contributed by atoms with E-state index in [1.807, 2.05) is 43.3 Å². The van der Waals surface area contributed by atoms with Gasteiger partial charge in [0.25, 0.3) is 5.91 Å². The zero-order valence-corrected chi connectivity index (χ0v) is 15.1. The minimum Gasteiger partial charge on any atom is -0.482 e. The lowest BCUT2D eigenvalue weighted by atomic mass is 10.0. The molecule has 0 heterocycles. The molecule has 3 rings (SSSR count). The number of anilines is 1. The molecule has 0 saturated heterocycles. The highest BCUT2D eigenvalue weighted by atomic mass is 16.5. The number of rotatable bonds is 7. The van der Waals surface area contributed by atoms with Crippen molar-refractivity contribution >= 4 is 17.4 Å². The van der Waals surface area contributed by atoms with Gasteiger partial charge in [0.15, 0.2) is 6.10 Å². The Hall–Kier alpha value is -3.40. The van der Waals surface area contributed by atoms with Crippen molar-refractivity contribution in [3.05, 3.63) is 96.1 Å². The highest BCUT2D eigenvalue weighted by Crippen LogP contribution is 2.20. The molecule has 0 aliphatic rings. The number of hydrogen-bond donors (Lipinski definition) is 1. The molecule has 4 nitrogen and oxygen atoms in total. The number of benzene rings is 3. The summed E-state index contributed by atoms with van der Waals surface area (Å²) in [4.78, 5) is 24.7. The topological polar surface area (TPSA) is 55.4 Å². The van der Waals surface area contributed by atoms with Crippen molar-refractivity contribution in [2.75, 3.05) is 5.32 Å². The Labute approximate surface area is 158 Å². The third-order valence-corrected chi connectivity index (χ3v) is 4.15. The van der Waals surface area contributed by atoms with E-state index in [4.69, 9.17) is 4.74 Å². The molecule has 136 valence electrons. The van der Waals surface area contributed by atoms with Gasteiger partial charge in [-0.05, 0) is 42.8 Å². The summed E-state index contributed by atoms with van der Waals surface area (Å²) in [6.45, 7) is 1.92. The lowest BCUT2D eigenvalue weighted by Gasteiger charge is -2.17. The lowest BCUT2D eigenvalue weighted by molar-refractivity contribution is 0.0786. The molecule has 3 aromatic rings. The normalized spacial score (nSPS) is 11.4. The Balaban J connectivity index is 1.64. The predicted molar refractivity (Wildman–Crippen MR) is 106 cm³/mol. The van der Waals surface area contributed by atoms with Gasteiger partial charge in [-0.1, -0.05) is 55.5 Å². The number of hydrogen-bond acceptors (Lipinski definition) is 3. The van der Waals surface area contributed by atoms with Crippen molar-refractivity contribution in [3.63, 3.8) is 0 Å². The van der Waals surface area contributed by atoms with E-state index < -0.39 is 6.10 Å². The monoisotopic (exact) mass is 359 g/mol. The number of ketones is 1.